The minimum absolute atomic E-state index is 0.429. The molecular weight excluding hydrogens is 346 g/mol. The Morgan fingerprint density at radius 2 is 1.70 bits per heavy atom. The average molecular weight is 361 g/mol. The van der Waals surface area contributed by atoms with Crippen molar-refractivity contribution in [2.24, 2.45) is 0 Å². The van der Waals surface area contributed by atoms with Gasteiger partial charge in [-0.1, -0.05) is 0 Å². The summed E-state index contributed by atoms with van der Waals surface area (Å²) in [6.07, 6.45) is 2.25. The van der Waals surface area contributed by atoms with Gasteiger partial charge in [0.15, 0.2) is 5.65 Å². The summed E-state index contributed by atoms with van der Waals surface area (Å²) in [4.78, 5) is 19.5. The van der Waals surface area contributed by atoms with Gasteiger partial charge in [0.1, 0.15) is 0 Å². The molecule has 2 aromatic heterocycles. The number of nitrogens with two attached hydrogens (primary N) is 1. The first-order chi connectivity index (χ1) is 13.1. The third kappa shape index (κ3) is 3.47. The van der Waals surface area contributed by atoms with E-state index in [-0.39, 0.29) is 0 Å². The zero-order valence-electron chi connectivity index (χ0n) is 14.0. The molecule has 0 aliphatic rings. The molecule has 134 valence electrons. The van der Waals surface area contributed by atoms with Crippen molar-refractivity contribution in [2.45, 2.75) is 0 Å². The minimum atomic E-state index is -1.11. The summed E-state index contributed by atoms with van der Waals surface area (Å²) in [7, 11) is 0. The van der Waals surface area contributed by atoms with Crippen LogP contribution in [0.2, 0.25) is 0 Å². The zero-order valence-corrected chi connectivity index (χ0v) is 14.0. The number of fused-ring (bicyclic) bond motifs is 1. The molecular formula is C18H15N7O2. The molecule has 0 radical (unpaired) electrons. The van der Waals surface area contributed by atoms with Gasteiger partial charge in [-0.05, 0) is 48.5 Å². The van der Waals surface area contributed by atoms with Crippen LogP contribution in [0.5, 0.6) is 0 Å². The van der Waals surface area contributed by atoms with Gasteiger partial charge in [0.2, 0.25) is 5.95 Å². The maximum absolute atomic E-state index is 10.7. The van der Waals surface area contributed by atoms with Crippen molar-refractivity contribution in [1.82, 2.24) is 19.7 Å². The number of amides is 1. The number of rotatable bonds is 4. The van der Waals surface area contributed by atoms with E-state index >= 15 is 0 Å². The number of anilines is 4. The quantitative estimate of drug-likeness (QED) is 0.410. The van der Waals surface area contributed by atoms with Crippen molar-refractivity contribution in [3.8, 4) is 5.69 Å². The average Bonchev–Trinajstić information content (AvgIpc) is 3.07. The van der Waals surface area contributed by atoms with Crippen LogP contribution >= 0.6 is 0 Å². The van der Waals surface area contributed by atoms with E-state index in [1.807, 2.05) is 12.1 Å². The predicted molar refractivity (Wildman–Crippen MR) is 102 cm³/mol. The lowest BCUT2D eigenvalue weighted by molar-refractivity contribution is 0.210. The molecule has 0 bridgehead atoms. The number of hydrogen-bond acceptors (Lipinski definition) is 6. The van der Waals surface area contributed by atoms with E-state index in [0.29, 0.717) is 23.0 Å². The highest BCUT2D eigenvalue weighted by Gasteiger charge is 2.09. The first-order valence-electron chi connectivity index (χ1n) is 8.02. The molecule has 5 N–H and O–H groups in total. The Hall–Kier alpha value is -4.14. The Bertz CT molecular complexity index is 1100. The van der Waals surface area contributed by atoms with Gasteiger partial charge in [-0.3, -0.25) is 5.32 Å². The maximum atomic E-state index is 10.7. The van der Waals surface area contributed by atoms with Crippen molar-refractivity contribution in [1.29, 1.82) is 0 Å². The predicted octanol–water partition coefficient (Wildman–Crippen LogP) is 3.23. The molecule has 0 unspecified atom stereocenters. The van der Waals surface area contributed by atoms with Crippen LogP contribution in [0.1, 0.15) is 0 Å². The van der Waals surface area contributed by atoms with Crippen LogP contribution in [-0.2, 0) is 0 Å². The van der Waals surface area contributed by atoms with E-state index in [1.54, 1.807) is 53.5 Å². The van der Waals surface area contributed by atoms with Gasteiger partial charge in [-0.25, -0.2) is 14.5 Å². The lowest BCUT2D eigenvalue weighted by atomic mass is 10.3. The van der Waals surface area contributed by atoms with Crippen molar-refractivity contribution >= 4 is 40.1 Å². The Labute approximate surface area is 153 Å². The Morgan fingerprint density at radius 3 is 2.41 bits per heavy atom. The van der Waals surface area contributed by atoms with Crippen molar-refractivity contribution < 1.29 is 9.90 Å². The first-order valence-corrected chi connectivity index (χ1v) is 8.02. The summed E-state index contributed by atoms with van der Waals surface area (Å²) in [5.41, 5.74) is 9.04. The highest BCUT2D eigenvalue weighted by atomic mass is 16.4. The second-order valence-corrected chi connectivity index (χ2v) is 5.75. The molecule has 2 aromatic carbocycles. The number of nitrogens with zero attached hydrogens (tertiary/aromatic N) is 4. The van der Waals surface area contributed by atoms with Crippen molar-refractivity contribution in [2.75, 3.05) is 16.4 Å². The third-order valence-electron chi connectivity index (χ3n) is 3.84. The van der Waals surface area contributed by atoms with E-state index < -0.39 is 6.09 Å². The van der Waals surface area contributed by atoms with Crippen molar-refractivity contribution in [3.05, 3.63) is 60.9 Å². The van der Waals surface area contributed by atoms with Crippen LogP contribution in [0.25, 0.3) is 16.7 Å². The van der Waals surface area contributed by atoms with Crippen LogP contribution in [0.3, 0.4) is 0 Å². The number of carboxylic acid groups (broad SMARTS) is 1. The SMILES string of the molecule is Nc1ccc(Nc2ncc3cnn(-c4ccc(NC(=O)O)cc4)c3n2)cc1. The lowest BCUT2D eigenvalue weighted by Gasteiger charge is -2.07. The molecule has 27 heavy (non-hydrogen) atoms. The van der Waals surface area contributed by atoms with E-state index in [9.17, 15) is 4.79 Å². The molecule has 4 aromatic rings. The molecule has 4 rings (SSSR count). The van der Waals surface area contributed by atoms with Crippen LogP contribution in [0.4, 0.5) is 27.8 Å². The monoisotopic (exact) mass is 361 g/mol. The molecule has 0 aliphatic carbocycles. The summed E-state index contributed by atoms with van der Waals surface area (Å²) in [5, 5.41) is 19.3. The van der Waals surface area contributed by atoms with E-state index in [1.165, 1.54) is 0 Å². The van der Waals surface area contributed by atoms with E-state index in [2.05, 4.69) is 25.7 Å². The second-order valence-electron chi connectivity index (χ2n) is 5.75. The molecule has 9 heteroatoms. The fourth-order valence-electron chi connectivity index (χ4n) is 2.57. The van der Waals surface area contributed by atoms with Crippen LogP contribution in [0.15, 0.2) is 60.9 Å². The zero-order chi connectivity index (χ0) is 18.8. The Balaban J connectivity index is 1.65. The smallest absolute Gasteiger partial charge is 0.409 e. The van der Waals surface area contributed by atoms with Gasteiger partial charge in [-0.15, -0.1) is 0 Å². The summed E-state index contributed by atoms with van der Waals surface area (Å²) in [5.74, 6) is 0.429. The normalized spacial score (nSPS) is 10.7. The van der Waals surface area contributed by atoms with Gasteiger partial charge in [0, 0.05) is 23.3 Å². The summed E-state index contributed by atoms with van der Waals surface area (Å²) in [6, 6.07) is 14.1. The van der Waals surface area contributed by atoms with Gasteiger partial charge in [-0.2, -0.15) is 10.1 Å². The van der Waals surface area contributed by atoms with Gasteiger partial charge >= 0.3 is 6.09 Å². The van der Waals surface area contributed by atoms with Crippen LogP contribution < -0.4 is 16.4 Å². The highest BCUT2D eigenvalue weighted by Crippen LogP contribution is 2.21. The molecule has 1 amide bonds. The molecule has 0 atom stereocenters. The number of carbonyl (C=O) groups is 1. The van der Waals surface area contributed by atoms with Crippen molar-refractivity contribution in [3.63, 3.8) is 0 Å². The molecule has 9 nitrogen and oxygen atoms in total. The summed E-state index contributed by atoms with van der Waals surface area (Å²) >= 11 is 0. The second kappa shape index (κ2) is 6.64. The highest BCUT2D eigenvalue weighted by molar-refractivity contribution is 5.83. The van der Waals surface area contributed by atoms with E-state index in [4.69, 9.17) is 10.8 Å². The number of nitrogens with one attached hydrogen (secondary N) is 2. The third-order valence-corrected chi connectivity index (χ3v) is 3.84. The molecule has 2 heterocycles. The van der Waals surface area contributed by atoms with Crippen LogP contribution in [-0.4, -0.2) is 30.9 Å². The number of aromatic nitrogens is 4. The molecule has 0 spiro atoms. The lowest BCUT2D eigenvalue weighted by Crippen LogP contribution is -2.07. The molecule has 0 saturated heterocycles. The fourth-order valence-corrected chi connectivity index (χ4v) is 2.57. The number of hydrogen-bond donors (Lipinski definition) is 4. The molecule has 0 aliphatic heterocycles. The number of benzene rings is 2. The Kier molecular flexibility index (Phi) is 4.01. The van der Waals surface area contributed by atoms with Gasteiger partial charge in [0.25, 0.3) is 0 Å². The van der Waals surface area contributed by atoms with Crippen LogP contribution in [0, 0.1) is 0 Å². The standard InChI is InChI=1S/C18H15N7O2/c19-12-1-3-13(4-2-12)22-17-20-9-11-10-21-25(16(11)24-17)15-7-5-14(6-8-15)23-18(26)27/h1-10,23H,19H2,(H,26,27)(H,20,22,24). The van der Waals surface area contributed by atoms with Gasteiger partial charge < -0.3 is 16.2 Å². The topological polar surface area (TPSA) is 131 Å². The van der Waals surface area contributed by atoms with E-state index in [0.717, 1.165) is 16.8 Å². The maximum Gasteiger partial charge on any atom is 0.409 e. The molecule has 0 saturated carbocycles. The Morgan fingerprint density at radius 1 is 1.00 bits per heavy atom. The molecule has 0 fully saturated rings. The number of nitrogen functional groups attached to an aromatic ring is 1. The summed E-state index contributed by atoms with van der Waals surface area (Å²) in [6.45, 7) is 0. The summed E-state index contributed by atoms with van der Waals surface area (Å²) < 4.78 is 1.66. The minimum Gasteiger partial charge on any atom is -0.465 e. The first kappa shape index (κ1) is 16.3. The van der Waals surface area contributed by atoms with Gasteiger partial charge in [0.05, 0.1) is 17.3 Å². The fraction of sp³-hybridized carbons (Fsp3) is 0. The largest absolute Gasteiger partial charge is 0.465 e.